The Morgan fingerprint density at radius 3 is 1.97 bits per heavy atom. The Kier molecular flexibility index (Phi) is 7.35. The Bertz CT molecular complexity index is 1370. The van der Waals surface area contributed by atoms with E-state index in [1.54, 1.807) is 66.7 Å². The van der Waals surface area contributed by atoms with Gasteiger partial charge in [0.05, 0.1) is 17.8 Å². The first kappa shape index (κ1) is 25.6. The number of hydrogen-bond acceptors (Lipinski definition) is 4. The lowest BCUT2D eigenvalue weighted by Crippen LogP contribution is -2.46. The minimum Gasteiger partial charge on any atom is -0.371 e. The number of carbonyl (C=O) groups excluding carboxylic acids is 2. The third-order valence-electron chi connectivity index (χ3n) is 5.67. The number of pyridine rings is 1. The average Bonchev–Trinajstić information content (AvgIpc) is 2.92. The van der Waals surface area contributed by atoms with Crippen LogP contribution in [0.4, 0.5) is 18.9 Å². The fraction of sp³-hybridized carbons (Fsp3) is 0.107. The van der Waals surface area contributed by atoms with E-state index in [1.165, 1.54) is 36.5 Å². The molecule has 4 aromatic rings. The quantitative estimate of drug-likeness (QED) is 0.342. The van der Waals surface area contributed by atoms with Gasteiger partial charge in [-0.15, -0.1) is 13.2 Å². The molecule has 3 aromatic carbocycles. The average molecular weight is 505 g/mol. The predicted octanol–water partition coefficient (Wildman–Crippen LogP) is 5.12. The second-order valence-corrected chi connectivity index (χ2v) is 8.14. The number of benzene rings is 3. The third kappa shape index (κ3) is 5.52. The molecule has 0 aliphatic heterocycles. The molecule has 37 heavy (non-hydrogen) atoms. The van der Waals surface area contributed by atoms with E-state index in [2.05, 4.69) is 10.3 Å². The number of nitrogens with zero attached hydrogens (tertiary/aromatic N) is 2. The van der Waals surface area contributed by atoms with Crippen LogP contribution in [0.3, 0.4) is 0 Å². The van der Waals surface area contributed by atoms with Crippen molar-refractivity contribution in [1.82, 2.24) is 9.88 Å². The number of amides is 2. The van der Waals surface area contributed by atoms with Gasteiger partial charge in [-0.1, -0.05) is 78.9 Å². The molecule has 0 saturated carbocycles. The second-order valence-electron chi connectivity index (χ2n) is 8.14. The topological polar surface area (TPSA) is 82.5 Å². The molecule has 0 spiro atoms. The summed E-state index contributed by atoms with van der Waals surface area (Å²) in [4.78, 5) is 30.7. The van der Waals surface area contributed by atoms with Gasteiger partial charge in [-0.3, -0.25) is 14.6 Å². The van der Waals surface area contributed by atoms with E-state index in [0.29, 0.717) is 5.69 Å². The van der Waals surface area contributed by atoms with Crippen molar-refractivity contribution in [2.45, 2.75) is 18.4 Å². The molecule has 1 heterocycles. The molecular formula is C28H22F3N3O3. The number of anilines is 1. The number of alkyl halides is 3. The van der Waals surface area contributed by atoms with Crippen LogP contribution < -0.4 is 5.32 Å². The summed E-state index contributed by atoms with van der Waals surface area (Å²) in [5.74, 6) is -2.44. The molecule has 0 bridgehead atoms. The molecule has 9 heteroatoms. The van der Waals surface area contributed by atoms with Crippen LogP contribution in [-0.2, 0) is 16.9 Å². The molecule has 1 aromatic heterocycles. The van der Waals surface area contributed by atoms with E-state index in [4.69, 9.17) is 0 Å². The largest absolute Gasteiger partial charge is 0.487 e. The molecule has 0 aliphatic carbocycles. The molecule has 0 radical (unpaired) electrons. The van der Waals surface area contributed by atoms with Crippen molar-refractivity contribution in [1.29, 1.82) is 0 Å². The highest BCUT2D eigenvalue weighted by atomic mass is 19.4. The Hall–Kier alpha value is -4.50. The monoisotopic (exact) mass is 505 g/mol. The van der Waals surface area contributed by atoms with Crippen LogP contribution in [0.2, 0.25) is 0 Å². The maximum absolute atomic E-state index is 14.1. The predicted molar refractivity (Wildman–Crippen MR) is 131 cm³/mol. The maximum atomic E-state index is 14.1. The second kappa shape index (κ2) is 10.6. The first-order valence-corrected chi connectivity index (χ1v) is 11.2. The molecule has 2 amide bonds. The lowest BCUT2D eigenvalue weighted by molar-refractivity contribution is -0.228. The summed E-state index contributed by atoms with van der Waals surface area (Å²) in [7, 11) is 0. The minimum absolute atomic E-state index is 0.0257. The van der Waals surface area contributed by atoms with Crippen molar-refractivity contribution in [3.8, 4) is 0 Å². The van der Waals surface area contributed by atoms with Gasteiger partial charge in [0.1, 0.15) is 0 Å². The molecule has 0 saturated heterocycles. The van der Waals surface area contributed by atoms with Gasteiger partial charge in [-0.05, 0) is 35.4 Å². The fourth-order valence-electron chi connectivity index (χ4n) is 3.85. The van der Waals surface area contributed by atoms with Crippen molar-refractivity contribution in [3.05, 3.63) is 132 Å². The molecule has 1 unspecified atom stereocenters. The Labute approximate surface area is 211 Å². The lowest BCUT2D eigenvalue weighted by Gasteiger charge is -2.31. The number of rotatable bonds is 7. The summed E-state index contributed by atoms with van der Waals surface area (Å²) in [6.07, 6.45) is -3.85. The summed E-state index contributed by atoms with van der Waals surface area (Å²) in [6.45, 7) is -0.766. The van der Waals surface area contributed by atoms with Gasteiger partial charge in [-0.25, -0.2) is 4.90 Å². The van der Waals surface area contributed by atoms with Crippen LogP contribution in [0.25, 0.3) is 0 Å². The summed E-state index contributed by atoms with van der Waals surface area (Å²) in [6, 6.07) is 25.9. The lowest BCUT2D eigenvalue weighted by atomic mass is 9.86. The molecule has 1 atom stereocenters. The zero-order chi connectivity index (χ0) is 26.5. The summed E-state index contributed by atoms with van der Waals surface area (Å²) >= 11 is 0. The number of hydrogen-bond donors (Lipinski definition) is 2. The number of para-hydroxylation sites is 1. The van der Waals surface area contributed by atoms with Crippen molar-refractivity contribution >= 4 is 17.5 Å². The minimum atomic E-state index is -5.04. The molecular weight excluding hydrogens is 483 g/mol. The Morgan fingerprint density at radius 2 is 1.38 bits per heavy atom. The standard InChI is InChI=1S/C28H22F3N3O3/c29-28(30,31)34(19-20-11-4-1-5-12-20)25(35)23-17-10-18-32-24(23)27(37,21-13-6-2-7-14-21)26(36)33-22-15-8-3-9-16-22/h1-18,37H,19H2,(H,33,36). The highest BCUT2D eigenvalue weighted by molar-refractivity contribution is 6.03. The van der Waals surface area contributed by atoms with E-state index in [9.17, 15) is 27.9 Å². The van der Waals surface area contributed by atoms with Crippen molar-refractivity contribution < 1.29 is 27.9 Å². The van der Waals surface area contributed by atoms with Gasteiger partial charge in [0.25, 0.3) is 11.8 Å². The first-order valence-electron chi connectivity index (χ1n) is 11.2. The van der Waals surface area contributed by atoms with Gasteiger partial charge in [0.15, 0.2) is 0 Å². The smallest absolute Gasteiger partial charge is 0.371 e. The zero-order valence-electron chi connectivity index (χ0n) is 19.4. The summed E-state index contributed by atoms with van der Waals surface area (Å²) in [5.41, 5.74) is -3.07. The summed E-state index contributed by atoms with van der Waals surface area (Å²) in [5, 5.41) is 14.4. The van der Waals surface area contributed by atoms with E-state index >= 15 is 0 Å². The van der Waals surface area contributed by atoms with E-state index < -0.39 is 41.5 Å². The van der Waals surface area contributed by atoms with Crippen LogP contribution in [0, 0.1) is 0 Å². The fourth-order valence-corrected chi connectivity index (χ4v) is 3.85. The van der Waals surface area contributed by atoms with Crippen LogP contribution in [-0.4, -0.2) is 33.1 Å². The SMILES string of the molecule is O=C(c1cccnc1C(O)(C(=O)Nc1ccccc1)c1ccccc1)N(Cc1ccccc1)C(F)(F)F. The number of halogens is 3. The molecule has 6 nitrogen and oxygen atoms in total. The number of carbonyl (C=O) groups is 2. The van der Waals surface area contributed by atoms with Crippen molar-refractivity contribution in [2.75, 3.05) is 5.32 Å². The number of aromatic nitrogens is 1. The van der Waals surface area contributed by atoms with Crippen LogP contribution in [0.1, 0.15) is 27.2 Å². The first-order chi connectivity index (χ1) is 17.7. The van der Waals surface area contributed by atoms with E-state index in [1.807, 2.05) is 0 Å². The highest BCUT2D eigenvalue weighted by Crippen LogP contribution is 2.34. The Morgan fingerprint density at radius 1 is 0.811 bits per heavy atom. The van der Waals surface area contributed by atoms with Crippen LogP contribution >= 0.6 is 0 Å². The van der Waals surface area contributed by atoms with Gasteiger partial charge in [-0.2, -0.15) is 0 Å². The Balaban J connectivity index is 1.82. The highest BCUT2D eigenvalue weighted by Gasteiger charge is 2.47. The van der Waals surface area contributed by atoms with Gasteiger partial charge in [0, 0.05) is 11.9 Å². The van der Waals surface area contributed by atoms with Crippen molar-refractivity contribution in [2.24, 2.45) is 0 Å². The molecule has 4 rings (SSSR count). The number of aliphatic hydroxyl groups is 1. The van der Waals surface area contributed by atoms with Crippen molar-refractivity contribution in [3.63, 3.8) is 0 Å². The normalized spacial score (nSPS) is 12.9. The number of nitrogens with one attached hydrogen (secondary N) is 1. The zero-order valence-corrected chi connectivity index (χ0v) is 19.4. The molecule has 188 valence electrons. The molecule has 0 fully saturated rings. The summed E-state index contributed by atoms with van der Waals surface area (Å²) < 4.78 is 42.2. The molecule has 0 aliphatic rings. The maximum Gasteiger partial charge on any atom is 0.487 e. The van der Waals surface area contributed by atoms with E-state index in [-0.39, 0.29) is 16.0 Å². The molecule has 2 N–H and O–H groups in total. The van der Waals surface area contributed by atoms with Gasteiger partial charge in [0.2, 0.25) is 5.60 Å². The van der Waals surface area contributed by atoms with Gasteiger partial charge < -0.3 is 10.4 Å². The van der Waals surface area contributed by atoms with Crippen LogP contribution in [0.5, 0.6) is 0 Å². The van der Waals surface area contributed by atoms with E-state index in [0.717, 1.165) is 6.07 Å². The third-order valence-corrected chi connectivity index (χ3v) is 5.67. The van der Waals surface area contributed by atoms with Crippen LogP contribution in [0.15, 0.2) is 109 Å². The van der Waals surface area contributed by atoms with Gasteiger partial charge >= 0.3 is 6.30 Å².